The first-order valence-corrected chi connectivity index (χ1v) is 5.60. The summed E-state index contributed by atoms with van der Waals surface area (Å²) in [5.74, 6) is 0. The Morgan fingerprint density at radius 1 is 1.31 bits per heavy atom. The van der Waals surface area contributed by atoms with Crippen LogP contribution in [-0.4, -0.2) is 12.2 Å². The quantitative estimate of drug-likeness (QED) is 0.519. The van der Waals surface area contributed by atoms with Crippen molar-refractivity contribution in [2.75, 3.05) is 6.61 Å². The van der Waals surface area contributed by atoms with Crippen LogP contribution < -0.4 is 0 Å². The van der Waals surface area contributed by atoms with E-state index in [2.05, 4.69) is 13.0 Å². The van der Waals surface area contributed by atoms with E-state index in [1.54, 1.807) is 5.57 Å². The van der Waals surface area contributed by atoms with Crippen LogP contribution in [0.3, 0.4) is 0 Å². The summed E-state index contributed by atoms with van der Waals surface area (Å²) < 4.78 is 5.79. The van der Waals surface area contributed by atoms with Crippen LogP contribution >= 0.6 is 0 Å². The fourth-order valence-corrected chi connectivity index (χ4v) is 2.10. The Bertz CT molecular complexity index is 176. The Kier molecular flexibility index (Phi) is 3.98. The van der Waals surface area contributed by atoms with E-state index < -0.39 is 0 Å². The summed E-state index contributed by atoms with van der Waals surface area (Å²) in [5.41, 5.74) is 1.82. The molecular formula is C12H22O. The summed E-state index contributed by atoms with van der Waals surface area (Å²) in [4.78, 5) is 0. The van der Waals surface area contributed by atoms with Gasteiger partial charge in [0.05, 0.1) is 5.60 Å². The standard InChI is InChI=1S/C10H16O.C2H6/c1-9-3-6-10(7-4-9)5-2-8-11-10;1-2/h3H,2,4-8H2,1H3;1-2H3. The third-order valence-corrected chi connectivity index (χ3v) is 2.98. The fraction of sp³-hybridized carbons (Fsp3) is 0.833. The molecule has 1 atom stereocenters. The van der Waals surface area contributed by atoms with Gasteiger partial charge in [0.25, 0.3) is 0 Å². The summed E-state index contributed by atoms with van der Waals surface area (Å²) in [6, 6.07) is 0. The zero-order valence-electron chi connectivity index (χ0n) is 9.23. The largest absolute Gasteiger partial charge is 0.375 e. The Morgan fingerprint density at radius 3 is 2.54 bits per heavy atom. The van der Waals surface area contributed by atoms with Crippen LogP contribution in [0.15, 0.2) is 11.6 Å². The Hall–Kier alpha value is -0.300. The lowest BCUT2D eigenvalue weighted by atomic mass is 9.84. The fourth-order valence-electron chi connectivity index (χ4n) is 2.10. The number of allylic oxidation sites excluding steroid dienone is 1. The van der Waals surface area contributed by atoms with E-state index in [1.807, 2.05) is 13.8 Å². The van der Waals surface area contributed by atoms with Gasteiger partial charge in [-0.05, 0) is 39.0 Å². The summed E-state index contributed by atoms with van der Waals surface area (Å²) >= 11 is 0. The predicted octanol–water partition coefficient (Wildman–Crippen LogP) is 3.69. The highest BCUT2D eigenvalue weighted by Crippen LogP contribution is 2.38. The van der Waals surface area contributed by atoms with Crippen molar-refractivity contribution in [2.45, 2.75) is 58.5 Å². The average Bonchev–Trinajstić information content (AvgIpc) is 2.63. The normalized spacial score (nSPS) is 32.4. The molecule has 0 bridgehead atoms. The first-order valence-electron chi connectivity index (χ1n) is 5.60. The molecule has 0 saturated carbocycles. The molecule has 76 valence electrons. The highest BCUT2D eigenvalue weighted by molar-refractivity contribution is 5.09. The Balaban J connectivity index is 0.000000396. The van der Waals surface area contributed by atoms with Crippen molar-refractivity contribution in [3.63, 3.8) is 0 Å². The molecule has 1 aliphatic heterocycles. The average molecular weight is 182 g/mol. The lowest BCUT2D eigenvalue weighted by Crippen LogP contribution is -2.29. The molecule has 1 aliphatic carbocycles. The van der Waals surface area contributed by atoms with Gasteiger partial charge in [0.2, 0.25) is 0 Å². The minimum absolute atomic E-state index is 0.277. The van der Waals surface area contributed by atoms with Crippen LogP contribution in [0.4, 0.5) is 0 Å². The van der Waals surface area contributed by atoms with Gasteiger partial charge in [0.1, 0.15) is 0 Å². The van der Waals surface area contributed by atoms with Crippen LogP contribution in [0.5, 0.6) is 0 Å². The van der Waals surface area contributed by atoms with E-state index in [4.69, 9.17) is 4.74 Å². The van der Waals surface area contributed by atoms with E-state index >= 15 is 0 Å². The topological polar surface area (TPSA) is 9.23 Å². The maximum Gasteiger partial charge on any atom is 0.0720 e. The maximum absolute atomic E-state index is 5.79. The van der Waals surface area contributed by atoms with Gasteiger partial charge in [0.15, 0.2) is 0 Å². The highest BCUT2D eigenvalue weighted by atomic mass is 16.5. The minimum atomic E-state index is 0.277. The first-order chi connectivity index (χ1) is 6.31. The highest BCUT2D eigenvalue weighted by Gasteiger charge is 2.35. The van der Waals surface area contributed by atoms with Gasteiger partial charge in [0, 0.05) is 6.61 Å². The molecule has 0 N–H and O–H groups in total. The van der Waals surface area contributed by atoms with E-state index in [-0.39, 0.29) is 5.60 Å². The van der Waals surface area contributed by atoms with Crippen molar-refractivity contribution >= 4 is 0 Å². The number of hydrogen-bond acceptors (Lipinski definition) is 1. The van der Waals surface area contributed by atoms with Gasteiger partial charge in [-0.25, -0.2) is 0 Å². The van der Waals surface area contributed by atoms with Gasteiger partial charge in [-0.1, -0.05) is 25.5 Å². The van der Waals surface area contributed by atoms with Crippen LogP contribution in [0, 0.1) is 0 Å². The molecule has 0 amide bonds. The van der Waals surface area contributed by atoms with E-state index in [1.165, 1.54) is 32.1 Å². The van der Waals surface area contributed by atoms with Gasteiger partial charge in [-0.15, -0.1) is 0 Å². The zero-order chi connectivity index (χ0) is 9.73. The molecule has 1 fully saturated rings. The van der Waals surface area contributed by atoms with Crippen LogP contribution in [0.2, 0.25) is 0 Å². The second kappa shape index (κ2) is 4.80. The zero-order valence-corrected chi connectivity index (χ0v) is 9.23. The molecule has 1 unspecified atom stereocenters. The molecular weight excluding hydrogens is 160 g/mol. The second-order valence-corrected chi connectivity index (χ2v) is 3.89. The molecule has 0 aromatic carbocycles. The molecule has 2 aliphatic rings. The van der Waals surface area contributed by atoms with E-state index in [0.29, 0.717) is 0 Å². The maximum atomic E-state index is 5.79. The predicted molar refractivity (Wildman–Crippen MR) is 56.9 cm³/mol. The van der Waals surface area contributed by atoms with Crippen LogP contribution in [-0.2, 0) is 4.74 Å². The van der Waals surface area contributed by atoms with Gasteiger partial charge < -0.3 is 4.74 Å². The summed E-state index contributed by atoms with van der Waals surface area (Å²) in [6.07, 6.45) is 8.59. The lowest BCUT2D eigenvalue weighted by molar-refractivity contribution is -0.00364. The lowest BCUT2D eigenvalue weighted by Gasteiger charge is -2.30. The third kappa shape index (κ3) is 2.57. The van der Waals surface area contributed by atoms with Crippen LogP contribution in [0.1, 0.15) is 52.9 Å². The monoisotopic (exact) mass is 182 g/mol. The molecule has 1 nitrogen and oxygen atoms in total. The number of ether oxygens (including phenoxy) is 1. The van der Waals surface area contributed by atoms with Crippen molar-refractivity contribution in [1.82, 2.24) is 0 Å². The molecule has 0 aromatic heterocycles. The molecule has 0 radical (unpaired) electrons. The Labute approximate surface area is 82.2 Å². The van der Waals surface area contributed by atoms with E-state index in [0.717, 1.165) is 6.61 Å². The third-order valence-electron chi connectivity index (χ3n) is 2.98. The smallest absolute Gasteiger partial charge is 0.0720 e. The summed E-state index contributed by atoms with van der Waals surface area (Å²) in [6.45, 7) is 7.22. The molecule has 13 heavy (non-hydrogen) atoms. The number of rotatable bonds is 0. The van der Waals surface area contributed by atoms with Crippen molar-refractivity contribution in [1.29, 1.82) is 0 Å². The molecule has 1 heteroatoms. The van der Waals surface area contributed by atoms with Crippen molar-refractivity contribution < 1.29 is 4.74 Å². The molecule has 1 heterocycles. The molecule has 2 rings (SSSR count). The second-order valence-electron chi connectivity index (χ2n) is 3.89. The molecule has 1 spiro atoms. The van der Waals surface area contributed by atoms with Crippen LogP contribution in [0.25, 0.3) is 0 Å². The van der Waals surface area contributed by atoms with Crippen molar-refractivity contribution in [3.05, 3.63) is 11.6 Å². The summed E-state index contributed by atoms with van der Waals surface area (Å²) in [7, 11) is 0. The molecule has 0 aromatic rings. The van der Waals surface area contributed by atoms with Gasteiger partial charge in [-0.3, -0.25) is 0 Å². The number of hydrogen-bond donors (Lipinski definition) is 0. The van der Waals surface area contributed by atoms with Gasteiger partial charge >= 0.3 is 0 Å². The molecule has 1 saturated heterocycles. The van der Waals surface area contributed by atoms with Crippen molar-refractivity contribution in [3.8, 4) is 0 Å². The summed E-state index contributed by atoms with van der Waals surface area (Å²) in [5, 5.41) is 0. The minimum Gasteiger partial charge on any atom is -0.375 e. The van der Waals surface area contributed by atoms with Gasteiger partial charge in [-0.2, -0.15) is 0 Å². The van der Waals surface area contributed by atoms with E-state index in [9.17, 15) is 0 Å². The SMILES string of the molecule is CC.CC1=CCC2(CCCO2)CC1. The Morgan fingerprint density at radius 2 is 2.08 bits per heavy atom. The van der Waals surface area contributed by atoms with Crippen molar-refractivity contribution in [2.24, 2.45) is 0 Å². The first kappa shape index (κ1) is 10.8.